The molecule has 0 fully saturated rings. The van der Waals surface area contributed by atoms with Gasteiger partial charge in [-0.05, 0) is 0 Å². The first-order valence-corrected chi connectivity index (χ1v) is 0.565. The molecule has 0 aromatic heterocycles. The van der Waals surface area contributed by atoms with Crippen molar-refractivity contribution in [3.63, 3.8) is 0 Å². The largest absolute Gasteiger partial charge is 0.328 e. The Bertz CT molecular complexity index is 33.8. The van der Waals surface area contributed by atoms with E-state index in [0.717, 1.165) is 0 Å². The summed E-state index contributed by atoms with van der Waals surface area (Å²) in [6.45, 7) is 0. The van der Waals surface area contributed by atoms with E-state index in [-0.39, 0.29) is 72.6 Å². The molecule has 0 aromatic rings. The monoisotopic (exact) mass is 384 g/mol. The Kier molecular flexibility index (Phi) is 25.6. The Morgan fingerprint density at radius 3 is 1.67 bits per heavy atom. The number of hydrogen-bond acceptors (Lipinski definition) is 2. The zero-order valence-corrected chi connectivity index (χ0v) is 9.74. The molecule has 31 valence electrons. The number of nitrogens with zero attached hydrogens (tertiary/aromatic N) is 1. The van der Waals surface area contributed by atoms with Gasteiger partial charge in [0.1, 0.15) is 0 Å². The predicted octanol–water partition coefficient (Wildman–Crippen LogP) is -0.350. The van der Waals surface area contributed by atoms with E-state index in [0.29, 0.717) is 0 Å². The zero-order chi connectivity index (χ0) is 3.58. The maximum atomic E-state index is 8.36. The van der Waals surface area contributed by atoms with Crippen LogP contribution in [0.2, 0.25) is 0 Å². The molecule has 0 heterocycles. The minimum atomic E-state index is -1.50. The second-order valence-electron chi connectivity index (χ2n) is 0.238. The van der Waals surface area contributed by atoms with Crippen LogP contribution in [0.1, 0.15) is 0 Å². The van der Waals surface area contributed by atoms with Crippen molar-refractivity contribution >= 4 is 0 Å². The van der Waals surface area contributed by atoms with Gasteiger partial charge < -0.3 is 5.21 Å². The van der Waals surface area contributed by atoms with E-state index in [4.69, 9.17) is 15.3 Å². The smallest absolute Gasteiger partial charge is 0.291 e. The van der Waals surface area contributed by atoms with E-state index in [1.165, 1.54) is 0 Å². The summed E-state index contributed by atoms with van der Waals surface area (Å²) in [7, 11) is 0. The van der Waals surface area contributed by atoms with Gasteiger partial charge in [0, 0.05) is 72.6 Å². The van der Waals surface area contributed by atoms with Gasteiger partial charge in [-0.3, -0.25) is 0 Å². The van der Waals surface area contributed by atoms with Gasteiger partial charge in [0.05, 0.1) is 0 Å². The Morgan fingerprint density at radius 2 is 1.67 bits per heavy atom. The number of hydrogen-bond donors (Lipinski definition) is 1. The van der Waals surface area contributed by atoms with Crippen molar-refractivity contribution in [2.24, 2.45) is 0 Å². The average molecular weight is 384 g/mol. The summed E-state index contributed by atoms with van der Waals surface area (Å²) in [5, 5.41) is 13.6. The first-order chi connectivity index (χ1) is 1.73. The molecule has 0 unspecified atom stereocenters. The minimum absolute atomic E-state index is 0. The van der Waals surface area contributed by atoms with E-state index in [1.807, 2.05) is 0 Å². The number of rotatable bonds is 0. The van der Waals surface area contributed by atoms with E-state index in [1.54, 1.807) is 0 Å². The molecular weight excluding hydrogens is 383 g/mol. The molecule has 0 aliphatic rings. The van der Waals surface area contributed by atoms with E-state index < -0.39 is 5.09 Å². The van der Waals surface area contributed by atoms with E-state index in [2.05, 4.69) is 0 Å². The fraction of sp³-hybridized carbons (Fsp3) is 0. The SMILES string of the molecule is O=[N+]([O-])O.[Th].[Y]. The summed E-state index contributed by atoms with van der Waals surface area (Å²) < 4.78 is 0. The summed E-state index contributed by atoms with van der Waals surface area (Å²) in [6, 6.07) is 0. The molecule has 0 aliphatic heterocycles. The van der Waals surface area contributed by atoms with Gasteiger partial charge in [0.2, 0.25) is 0 Å². The standard InChI is InChI=1S/HNO3.Th.Y/c2-1(3)4;;/h(H,2,3,4);;. The fourth-order valence-corrected chi connectivity index (χ4v) is 0. The van der Waals surface area contributed by atoms with Crippen LogP contribution in [0.4, 0.5) is 0 Å². The molecule has 6 heteroatoms. The third-order valence-corrected chi connectivity index (χ3v) is 0. The van der Waals surface area contributed by atoms with Crippen LogP contribution in [0.5, 0.6) is 0 Å². The Balaban J connectivity index is -0.0000000450. The summed E-state index contributed by atoms with van der Waals surface area (Å²) in [5.74, 6) is 0. The molecule has 0 spiro atoms. The third kappa shape index (κ3) is 45.5. The molecule has 0 rings (SSSR count). The van der Waals surface area contributed by atoms with Crippen molar-refractivity contribution in [3.05, 3.63) is 10.1 Å². The summed E-state index contributed by atoms with van der Waals surface area (Å²) in [5.41, 5.74) is 0. The summed E-state index contributed by atoms with van der Waals surface area (Å²) in [4.78, 5) is 8.36. The average Bonchev–Trinajstić information content (AvgIpc) is 0.811. The second-order valence-corrected chi connectivity index (χ2v) is 0.238. The molecule has 0 saturated heterocycles. The molecule has 6 heavy (non-hydrogen) atoms. The molecule has 0 bridgehead atoms. The van der Waals surface area contributed by atoms with Crippen molar-refractivity contribution in [2.75, 3.05) is 0 Å². The van der Waals surface area contributed by atoms with Gasteiger partial charge in [-0.1, -0.05) is 0 Å². The van der Waals surface area contributed by atoms with Crippen molar-refractivity contribution in [1.29, 1.82) is 0 Å². The van der Waals surface area contributed by atoms with Gasteiger partial charge in [0.25, 0.3) is 5.09 Å². The van der Waals surface area contributed by atoms with Crippen molar-refractivity contribution in [3.8, 4) is 0 Å². The second kappa shape index (κ2) is 9.80. The molecule has 4 nitrogen and oxygen atoms in total. The van der Waals surface area contributed by atoms with Gasteiger partial charge in [0.15, 0.2) is 0 Å². The van der Waals surface area contributed by atoms with Crippen LogP contribution in [0, 0.1) is 50.1 Å². The van der Waals surface area contributed by atoms with Crippen LogP contribution in [-0.4, -0.2) is 10.3 Å². The van der Waals surface area contributed by atoms with Crippen LogP contribution in [0.25, 0.3) is 0 Å². The Labute approximate surface area is 91.3 Å². The van der Waals surface area contributed by atoms with Crippen LogP contribution >= 0.6 is 0 Å². The van der Waals surface area contributed by atoms with Gasteiger partial charge in [-0.15, -0.1) is 10.1 Å². The Hall–Kier alpha value is 1.63. The van der Waals surface area contributed by atoms with Crippen molar-refractivity contribution in [2.45, 2.75) is 0 Å². The first kappa shape index (κ1) is 15.6. The molecule has 1 N–H and O–H groups in total. The van der Waals surface area contributed by atoms with Crippen LogP contribution < -0.4 is 0 Å². The zero-order valence-electron chi connectivity index (χ0n) is 2.79. The fourth-order valence-electron chi connectivity index (χ4n) is 0. The predicted molar refractivity (Wildman–Crippen MR) is 8.78 cm³/mol. The van der Waals surface area contributed by atoms with Gasteiger partial charge in [-0.2, -0.15) is 0 Å². The molecule has 0 saturated carbocycles. The van der Waals surface area contributed by atoms with Crippen LogP contribution in [0.15, 0.2) is 0 Å². The first-order valence-electron chi connectivity index (χ1n) is 0.565. The molecule has 1 radical (unpaired) electrons. The summed E-state index contributed by atoms with van der Waals surface area (Å²) in [6.07, 6.45) is 0. The topological polar surface area (TPSA) is 63.4 Å². The third-order valence-electron chi connectivity index (χ3n) is 0. The van der Waals surface area contributed by atoms with Gasteiger partial charge >= 0.3 is 0 Å². The molecule has 0 amide bonds. The van der Waals surface area contributed by atoms with Crippen molar-refractivity contribution < 1.29 is 82.9 Å². The maximum Gasteiger partial charge on any atom is 0.291 e. The molecule has 0 aromatic carbocycles. The molecule has 0 atom stereocenters. The minimum Gasteiger partial charge on any atom is -0.328 e. The van der Waals surface area contributed by atoms with Crippen molar-refractivity contribution in [1.82, 2.24) is 0 Å². The quantitative estimate of drug-likeness (QED) is 0.459. The van der Waals surface area contributed by atoms with E-state index in [9.17, 15) is 0 Å². The molecule has 0 aliphatic carbocycles. The molecular formula is HNO3ThY. The van der Waals surface area contributed by atoms with Crippen LogP contribution in [0.3, 0.4) is 0 Å². The normalized spacial score (nSPS) is 4.00. The van der Waals surface area contributed by atoms with E-state index >= 15 is 0 Å². The Morgan fingerprint density at radius 1 is 1.67 bits per heavy atom. The summed E-state index contributed by atoms with van der Waals surface area (Å²) >= 11 is 0. The van der Waals surface area contributed by atoms with Crippen LogP contribution in [-0.2, 0) is 32.7 Å². The van der Waals surface area contributed by atoms with Gasteiger partial charge in [-0.25, -0.2) is 0 Å². The maximum absolute atomic E-state index is 8.36.